The van der Waals surface area contributed by atoms with E-state index < -0.39 is 5.60 Å². The Bertz CT molecular complexity index is 489. The average molecular weight is 283 g/mol. The molecule has 21 heavy (non-hydrogen) atoms. The minimum Gasteiger partial charge on any atom is -0.388 e. The zero-order valence-electron chi connectivity index (χ0n) is 13.2. The first-order valence-electron chi connectivity index (χ1n) is 7.72. The molecule has 1 aliphatic rings. The minimum absolute atomic E-state index is 0.239. The Morgan fingerprint density at radius 2 is 1.24 bits per heavy atom. The minimum atomic E-state index is -0.540. The smallest absolute Gasteiger partial charge is 0.0872 e. The second kappa shape index (κ2) is 6.88. The quantitative estimate of drug-likeness (QED) is 0.924. The maximum Gasteiger partial charge on any atom is 0.0872 e. The van der Waals surface area contributed by atoms with E-state index in [9.17, 15) is 5.11 Å². The van der Waals surface area contributed by atoms with Crippen LogP contribution in [0.2, 0.25) is 0 Å². The summed E-state index contributed by atoms with van der Waals surface area (Å²) in [6.07, 6.45) is 0. The molecule has 1 fully saturated rings. The third-order valence-electron chi connectivity index (χ3n) is 3.68. The van der Waals surface area contributed by atoms with E-state index in [-0.39, 0.29) is 6.04 Å². The molecule has 1 saturated heterocycles. The molecule has 0 amide bonds. The number of aliphatic hydroxyl groups is 1. The summed E-state index contributed by atoms with van der Waals surface area (Å²) < 4.78 is 0. The van der Waals surface area contributed by atoms with Gasteiger partial charge < -0.3 is 5.11 Å². The molecule has 0 aliphatic carbocycles. The van der Waals surface area contributed by atoms with Gasteiger partial charge in [-0.05, 0) is 18.1 Å². The van der Waals surface area contributed by atoms with Crippen molar-refractivity contribution in [3.63, 3.8) is 0 Å². The van der Waals surface area contributed by atoms with E-state index >= 15 is 0 Å². The van der Waals surface area contributed by atoms with Gasteiger partial charge in [-0.3, -0.25) is 4.90 Å². The van der Waals surface area contributed by atoms with E-state index in [1.54, 1.807) is 0 Å². The number of benzene rings is 2. The van der Waals surface area contributed by atoms with Crippen LogP contribution in [0.15, 0.2) is 60.7 Å². The van der Waals surface area contributed by atoms with E-state index in [4.69, 9.17) is 0 Å². The molecule has 0 aromatic heterocycles. The van der Waals surface area contributed by atoms with Gasteiger partial charge in [0.25, 0.3) is 0 Å². The van der Waals surface area contributed by atoms with E-state index in [0.29, 0.717) is 0 Å². The summed E-state index contributed by atoms with van der Waals surface area (Å²) in [6.45, 7) is 7.35. The SMILES string of the molecule is CC.CC1(O)CN(C(c2ccccc2)c2ccccc2)C1. The highest BCUT2D eigenvalue weighted by molar-refractivity contribution is 5.32. The van der Waals surface area contributed by atoms with Crippen molar-refractivity contribution in [3.8, 4) is 0 Å². The zero-order valence-corrected chi connectivity index (χ0v) is 13.2. The van der Waals surface area contributed by atoms with E-state index in [2.05, 4.69) is 53.4 Å². The summed E-state index contributed by atoms with van der Waals surface area (Å²) in [5, 5.41) is 9.98. The number of β-amino-alcohol motifs (C(OH)–C–C–N with tert-alkyl or cyclic N) is 1. The third-order valence-corrected chi connectivity index (χ3v) is 3.68. The van der Waals surface area contributed by atoms with Gasteiger partial charge in [-0.25, -0.2) is 0 Å². The summed E-state index contributed by atoms with van der Waals surface area (Å²) in [5.74, 6) is 0. The van der Waals surface area contributed by atoms with Crippen molar-refractivity contribution in [2.24, 2.45) is 0 Å². The van der Waals surface area contributed by atoms with Crippen LogP contribution >= 0.6 is 0 Å². The van der Waals surface area contributed by atoms with Gasteiger partial charge in [0.05, 0.1) is 11.6 Å². The van der Waals surface area contributed by atoms with Crippen molar-refractivity contribution in [2.75, 3.05) is 13.1 Å². The molecule has 2 aromatic carbocycles. The number of hydrogen-bond acceptors (Lipinski definition) is 2. The van der Waals surface area contributed by atoms with Gasteiger partial charge >= 0.3 is 0 Å². The molecule has 0 radical (unpaired) electrons. The van der Waals surface area contributed by atoms with Gasteiger partial charge in [-0.15, -0.1) is 0 Å². The summed E-state index contributed by atoms with van der Waals surface area (Å²) >= 11 is 0. The van der Waals surface area contributed by atoms with Crippen molar-refractivity contribution in [3.05, 3.63) is 71.8 Å². The van der Waals surface area contributed by atoms with Gasteiger partial charge in [0.1, 0.15) is 0 Å². The number of nitrogens with zero attached hydrogens (tertiary/aromatic N) is 1. The van der Waals surface area contributed by atoms with Gasteiger partial charge in [-0.2, -0.15) is 0 Å². The molecule has 1 heterocycles. The molecular weight excluding hydrogens is 258 g/mol. The second-order valence-corrected chi connectivity index (χ2v) is 5.63. The summed E-state index contributed by atoms with van der Waals surface area (Å²) in [6, 6.07) is 21.2. The first kappa shape index (κ1) is 15.7. The molecule has 2 heteroatoms. The fraction of sp³-hybridized carbons (Fsp3) is 0.368. The molecule has 0 atom stereocenters. The highest BCUT2D eigenvalue weighted by atomic mass is 16.3. The van der Waals surface area contributed by atoms with Gasteiger partial charge in [0.15, 0.2) is 0 Å². The summed E-state index contributed by atoms with van der Waals surface area (Å²) in [4.78, 5) is 2.32. The Kier molecular flexibility index (Phi) is 5.16. The summed E-state index contributed by atoms with van der Waals surface area (Å²) in [7, 11) is 0. The third kappa shape index (κ3) is 3.72. The van der Waals surface area contributed by atoms with Crippen molar-refractivity contribution < 1.29 is 5.11 Å². The first-order chi connectivity index (χ1) is 10.2. The highest BCUT2D eigenvalue weighted by Gasteiger charge is 2.41. The topological polar surface area (TPSA) is 23.5 Å². The average Bonchev–Trinajstić information content (AvgIpc) is 2.50. The standard InChI is InChI=1S/C17H19NO.C2H6/c1-17(19)12-18(13-17)16(14-8-4-2-5-9-14)15-10-6-3-7-11-15;1-2/h2-11,16,19H,12-13H2,1H3;1-2H3. The van der Waals surface area contributed by atoms with E-state index in [0.717, 1.165) is 13.1 Å². The second-order valence-electron chi connectivity index (χ2n) is 5.63. The monoisotopic (exact) mass is 283 g/mol. The van der Waals surface area contributed by atoms with Crippen molar-refractivity contribution in [1.29, 1.82) is 0 Å². The fourth-order valence-electron chi connectivity index (χ4n) is 2.90. The molecule has 3 rings (SSSR count). The predicted molar refractivity (Wildman–Crippen MR) is 88.3 cm³/mol. The van der Waals surface area contributed by atoms with Crippen LogP contribution in [0.4, 0.5) is 0 Å². The van der Waals surface area contributed by atoms with Gasteiger partial charge in [-0.1, -0.05) is 74.5 Å². The Labute approximate surface area is 128 Å². The lowest BCUT2D eigenvalue weighted by Gasteiger charge is -2.48. The molecule has 0 unspecified atom stereocenters. The Morgan fingerprint density at radius 3 is 1.57 bits per heavy atom. The van der Waals surface area contributed by atoms with Crippen molar-refractivity contribution in [1.82, 2.24) is 4.90 Å². The van der Waals surface area contributed by atoms with Gasteiger partial charge in [0, 0.05) is 13.1 Å². The number of hydrogen-bond donors (Lipinski definition) is 1. The normalized spacial score (nSPS) is 16.8. The molecular formula is C19H25NO. The van der Waals surface area contributed by atoms with Gasteiger partial charge in [0.2, 0.25) is 0 Å². The Balaban J connectivity index is 0.000000774. The Morgan fingerprint density at radius 1 is 0.857 bits per heavy atom. The van der Waals surface area contributed by atoms with E-state index in [1.165, 1.54) is 11.1 Å². The number of likely N-dealkylation sites (tertiary alicyclic amines) is 1. The number of rotatable bonds is 3. The molecule has 0 spiro atoms. The molecule has 2 nitrogen and oxygen atoms in total. The largest absolute Gasteiger partial charge is 0.388 e. The van der Waals surface area contributed by atoms with Crippen LogP contribution in [0.5, 0.6) is 0 Å². The lowest BCUT2D eigenvalue weighted by molar-refractivity contribution is -0.0964. The molecule has 0 saturated carbocycles. The Hall–Kier alpha value is -1.64. The maximum absolute atomic E-state index is 9.98. The zero-order chi connectivity index (χ0) is 15.3. The van der Waals surface area contributed by atoms with Crippen LogP contribution in [0, 0.1) is 0 Å². The van der Waals surface area contributed by atoms with E-state index in [1.807, 2.05) is 32.9 Å². The van der Waals surface area contributed by atoms with Crippen LogP contribution in [-0.4, -0.2) is 28.7 Å². The van der Waals surface area contributed by atoms with Crippen LogP contribution in [0.25, 0.3) is 0 Å². The van der Waals surface area contributed by atoms with Crippen LogP contribution in [0.1, 0.15) is 37.9 Å². The molecule has 112 valence electrons. The van der Waals surface area contributed by atoms with Crippen LogP contribution in [0.3, 0.4) is 0 Å². The summed E-state index contributed by atoms with van der Waals surface area (Å²) in [5.41, 5.74) is 2.02. The predicted octanol–water partition coefficient (Wildman–Crippen LogP) is 3.87. The highest BCUT2D eigenvalue weighted by Crippen LogP contribution is 2.35. The van der Waals surface area contributed by atoms with Crippen molar-refractivity contribution >= 4 is 0 Å². The maximum atomic E-state index is 9.98. The lowest BCUT2D eigenvalue weighted by Crippen LogP contribution is -2.60. The fourth-order valence-corrected chi connectivity index (χ4v) is 2.90. The molecule has 0 bridgehead atoms. The van der Waals surface area contributed by atoms with Crippen LogP contribution in [-0.2, 0) is 0 Å². The first-order valence-corrected chi connectivity index (χ1v) is 7.72. The van der Waals surface area contributed by atoms with Crippen LogP contribution < -0.4 is 0 Å². The molecule has 2 aromatic rings. The molecule has 1 N–H and O–H groups in total. The van der Waals surface area contributed by atoms with Crippen molar-refractivity contribution in [2.45, 2.75) is 32.4 Å². The lowest BCUT2D eigenvalue weighted by atomic mass is 9.89. The molecule has 1 aliphatic heterocycles.